The lowest BCUT2D eigenvalue weighted by molar-refractivity contribution is -0.122. The summed E-state index contributed by atoms with van der Waals surface area (Å²) in [4.78, 5) is 42.0. The van der Waals surface area contributed by atoms with Crippen LogP contribution in [0.3, 0.4) is 0 Å². The summed E-state index contributed by atoms with van der Waals surface area (Å²) < 4.78 is 16.7. The topological polar surface area (TPSA) is 97.4 Å². The van der Waals surface area contributed by atoms with Crippen LogP contribution in [0.25, 0.3) is 6.08 Å². The molecule has 0 aliphatic carbocycles. The second kappa shape index (κ2) is 12.9. The molecule has 0 saturated carbocycles. The van der Waals surface area contributed by atoms with Gasteiger partial charge in [-0.15, -0.1) is 0 Å². The van der Waals surface area contributed by atoms with Crippen LogP contribution in [0, 0.1) is 0 Å². The molecule has 2 aliphatic heterocycles. The van der Waals surface area contributed by atoms with E-state index >= 15 is 0 Å². The van der Waals surface area contributed by atoms with E-state index in [0.29, 0.717) is 34.1 Å². The second-order valence-electron chi connectivity index (χ2n) is 9.90. The molecule has 0 bridgehead atoms. The normalized spacial score (nSPS) is 16.3. The highest BCUT2D eigenvalue weighted by atomic mass is 32.1. The van der Waals surface area contributed by atoms with Crippen molar-refractivity contribution in [1.82, 2.24) is 10.2 Å². The first-order chi connectivity index (χ1) is 20.4. The summed E-state index contributed by atoms with van der Waals surface area (Å²) in [6, 6.07) is 19.4. The minimum Gasteiger partial charge on any atom is -0.497 e. The number of nitrogens with zero attached hydrogens (tertiary/aromatic N) is 2. The predicted octanol–water partition coefficient (Wildman–Crippen LogP) is 4.74. The summed E-state index contributed by atoms with van der Waals surface area (Å²) in [6.07, 6.45) is 4.76. The van der Waals surface area contributed by atoms with E-state index in [4.69, 9.17) is 26.4 Å². The fraction of sp³-hybridized carbons (Fsp3) is 0.250. The molecule has 1 N–H and O–H groups in total. The number of methoxy groups -OCH3 is 2. The summed E-state index contributed by atoms with van der Waals surface area (Å²) in [7, 11) is 3.07. The molecule has 3 amide bonds. The molecule has 9 nitrogen and oxygen atoms in total. The molecule has 2 fully saturated rings. The Morgan fingerprint density at radius 3 is 2.29 bits per heavy atom. The molecule has 0 spiro atoms. The van der Waals surface area contributed by atoms with Crippen molar-refractivity contribution in [1.29, 1.82) is 0 Å². The number of piperidine rings is 1. The van der Waals surface area contributed by atoms with Gasteiger partial charge in [0.25, 0.3) is 17.7 Å². The Balaban J connectivity index is 1.28. The van der Waals surface area contributed by atoms with Crippen LogP contribution in [-0.4, -0.2) is 55.0 Å². The lowest BCUT2D eigenvalue weighted by atomic mass is 10.1. The third-order valence-corrected chi connectivity index (χ3v) is 7.45. The first kappa shape index (κ1) is 28.8. The number of anilines is 1. The zero-order chi connectivity index (χ0) is 29.6. The van der Waals surface area contributed by atoms with Gasteiger partial charge in [0.2, 0.25) is 0 Å². The molecule has 42 heavy (non-hydrogen) atoms. The Kier molecular flexibility index (Phi) is 8.83. The van der Waals surface area contributed by atoms with Crippen molar-refractivity contribution in [2.75, 3.05) is 32.2 Å². The third kappa shape index (κ3) is 6.28. The lowest BCUT2D eigenvalue weighted by Crippen LogP contribution is -2.54. The molecule has 3 aromatic rings. The Bertz CT molecular complexity index is 1530. The van der Waals surface area contributed by atoms with Crippen LogP contribution in [-0.2, 0) is 16.2 Å². The van der Waals surface area contributed by atoms with Gasteiger partial charge in [0.15, 0.2) is 16.6 Å². The SMILES string of the molecule is COc1ccc(N2C(=O)/C(=C/c3ccc(OCc4ccc(C(=O)N5CCCCC5)cc4)c(OC)c3)C(=O)NC2=S)cc1. The van der Waals surface area contributed by atoms with Crippen molar-refractivity contribution in [2.24, 2.45) is 0 Å². The van der Waals surface area contributed by atoms with Crippen molar-refractivity contribution in [3.63, 3.8) is 0 Å². The first-order valence-corrected chi connectivity index (χ1v) is 14.0. The first-order valence-electron chi connectivity index (χ1n) is 13.6. The number of ether oxygens (including phenoxy) is 3. The Hall–Kier alpha value is -4.70. The maximum Gasteiger partial charge on any atom is 0.270 e. The molecule has 2 heterocycles. The number of benzene rings is 3. The zero-order valence-corrected chi connectivity index (χ0v) is 24.2. The molecular weight excluding hydrogens is 554 g/mol. The fourth-order valence-electron chi connectivity index (χ4n) is 4.87. The number of nitrogens with one attached hydrogen (secondary N) is 1. The van der Waals surface area contributed by atoms with Gasteiger partial charge in [0.1, 0.15) is 17.9 Å². The van der Waals surface area contributed by atoms with Gasteiger partial charge in [-0.1, -0.05) is 18.2 Å². The lowest BCUT2D eigenvalue weighted by Gasteiger charge is -2.29. The standard InChI is InChI=1S/C32H31N3O6S/c1-39-25-13-11-24(12-14-25)35-31(38)26(29(36)33-32(35)42)18-22-8-15-27(28(19-22)40-2)41-20-21-6-9-23(10-7-21)30(37)34-16-4-3-5-17-34/h6-15,18-19H,3-5,16-17,20H2,1-2H3,(H,33,36,42)/b26-18+. The van der Waals surface area contributed by atoms with E-state index in [1.807, 2.05) is 29.2 Å². The van der Waals surface area contributed by atoms with Crippen LogP contribution in [0.5, 0.6) is 17.2 Å². The number of thiocarbonyl (C=S) groups is 1. The highest BCUT2D eigenvalue weighted by Gasteiger charge is 2.34. The van der Waals surface area contributed by atoms with Gasteiger partial charge in [-0.25, -0.2) is 0 Å². The highest BCUT2D eigenvalue weighted by Crippen LogP contribution is 2.31. The van der Waals surface area contributed by atoms with Crippen LogP contribution >= 0.6 is 12.2 Å². The number of carbonyl (C=O) groups excluding carboxylic acids is 3. The largest absolute Gasteiger partial charge is 0.497 e. The van der Waals surface area contributed by atoms with E-state index in [1.165, 1.54) is 24.5 Å². The van der Waals surface area contributed by atoms with Crippen molar-refractivity contribution in [3.8, 4) is 17.2 Å². The Morgan fingerprint density at radius 2 is 1.62 bits per heavy atom. The van der Waals surface area contributed by atoms with E-state index in [2.05, 4.69) is 5.32 Å². The van der Waals surface area contributed by atoms with E-state index in [0.717, 1.165) is 31.5 Å². The van der Waals surface area contributed by atoms with Crippen LogP contribution in [0.4, 0.5) is 5.69 Å². The molecule has 0 aromatic heterocycles. The molecule has 3 aromatic carbocycles. The predicted molar refractivity (Wildman–Crippen MR) is 163 cm³/mol. The highest BCUT2D eigenvalue weighted by molar-refractivity contribution is 7.80. The van der Waals surface area contributed by atoms with Gasteiger partial charge >= 0.3 is 0 Å². The fourth-order valence-corrected chi connectivity index (χ4v) is 5.15. The monoisotopic (exact) mass is 585 g/mol. The molecule has 216 valence electrons. The molecule has 2 aliphatic rings. The number of carbonyl (C=O) groups is 3. The van der Waals surface area contributed by atoms with Crippen LogP contribution in [0.2, 0.25) is 0 Å². The van der Waals surface area contributed by atoms with Gasteiger partial charge in [0, 0.05) is 18.7 Å². The number of likely N-dealkylation sites (tertiary alicyclic amines) is 1. The van der Waals surface area contributed by atoms with Gasteiger partial charge in [-0.05, 0) is 97.2 Å². The summed E-state index contributed by atoms with van der Waals surface area (Å²) >= 11 is 5.28. The smallest absolute Gasteiger partial charge is 0.270 e. The maximum absolute atomic E-state index is 13.3. The van der Waals surface area contributed by atoms with Crippen molar-refractivity contribution < 1.29 is 28.6 Å². The number of rotatable bonds is 8. The van der Waals surface area contributed by atoms with E-state index in [1.54, 1.807) is 49.6 Å². The van der Waals surface area contributed by atoms with Crippen molar-refractivity contribution in [2.45, 2.75) is 25.9 Å². The molecular formula is C32H31N3O6S. The number of amides is 3. The number of hydrogen-bond acceptors (Lipinski definition) is 7. The molecule has 2 saturated heterocycles. The molecule has 0 unspecified atom stereocenters. The average Bonchev–Trinajstić information content (AvgIpc) is 3.02. The molecule has 0 radical (unpaired) electrons. The number of hydrogen-bond donors (Lipinski definition) is 1. The summed E-state index contributed by atoms with van der Waals surface area (Å²) in [5, 5.41) is 2.58. The van der Waals surface area contributed by atoms with Gasteiger partial charge in [0.05, 0.1) is 19.9 Å². The van der Waals surface area contributed by atoms with Crippen molar-refractivity contribution >= 4 is 46.8 Å². The van der Waals surface area contributed by atoms with Gasteiger partial charge in [-0.3, -0.25) is 24.6 Å². The zero-order valence-electron chi connectivity index (χ0n) is 23.4. The third-order valence-electron chi connectivity index (χ3n) is 7.17. The van der Waals surface area contributed by atoms with Crippen molar-refractivity contribution in [3.05, 3.63) is 89.0 Å². The summed E-state index contributed by atoms with van der Waals surface area (Å²) in [5.74, 6) is 0.489. The van der Waals surface area contributed by atoms with Gasteiger partial charge in [-0.2, -0.15) is 0 Å². The minimum absolute atomic E-state index is 0.00228. The van der Waals surface area contributed by atoms with Crippen LogP contribution in [0.15, 0.2) is 72.3 Å². The average molecular weight is 586 g/mol. The summed E-state index contributed by atoms with van der Waals surface area (Å²) in [5.41, 5.74) is 2.57. The molecule has 10 heteroatoms. The van der Waals surface area contributed by atoms with Crippen LogP contribution in [0.1, 0.15) is 40.7 Å². The quantitative estimate of drug-likeness (QED) is 0.232. The molecule has 0 atom stereocenters. The Morgan fingerprint density at radius 1 is 0.905 bits per heavy atom. The second-order valence-corrected chi connectivity index (χ2v) is 10.3. The van der Waals surface area contributed by atoms with Gasteiger partial charge < -0.3 is 19.1 Å². The minimum atomic E-state index is -0.587. The van der Waals surface area contributed by atoms with E-state index in [9.17, 15) is 14.4 Å². The Labute approximate surface area is 249 Å². The molecule has 5 rings (SSSR count). The summed E-state index contributed by atoms with van der Waals surface area (Å²) in [6.45, 7) is 1.89. The van der Waals surface area contributed by atoms with Crippen LogP contribution < -0.4 is 24.4 Å². The maximum atomic E-state index is 13.3. The van der Waals surface area contributed by atoms with E-state index in [-0.39, 0.29) is 23.2 Å². The van der Waals surface area contributed by atoms with E-state index < -0.39 is 11.8 Å².